The van der Waals surface area contributed by atoms with Gasteiger partial charge in [0.1, 0.15) is 5.75 Å². The number of rotatable bonds is 10. The Balaban J connectivity index is 2.61. The highest BCUT2D eigenvalue weighted by atomic mass is 28.4. The van der Waals surface area contributed by atoms with Gasteiger partial charge in [0.15, 0.2) is 0 Å². The molecule has 0 radical (unpaired) electrons. The fraction of sp³-hybridized carbons (Fsp3) is 0.750. The summed E-state index contributed by atoms with van der Waals surface area (Å²) in [4.78, 5) is 0. The SMILES string of the molecule is CCC(C)(CCCC(C)C)CCc1ccc(O[Si](C)(C)C(C)(C)C)cc1. The summed E-state index contributed by atoms with van der Waals surface area (Å²) in [7, 11) is -1.74. The van der Waals surface area contributed by atoms with Gasteiger partial charge in [-0.3, -0.25) is 0 Å². The van der Waals surface area contributed by atoms with Crippen molar-refractivity contribution in [3.63, 3.8) is 0 Å². The normalized spacial score (nSPS) is 15.2. The maximum atomic E-state index is 6.40. The van der Waals surface area contributed by atoms with Crippen LogP contribution in [-0.4, -0.2) is 8.32 Å². The van der Waals surface area contributed by atoms with E-state index in [0.29, 0.717) is 5.41 Å². The smallest absolute Gasteiger partial charge is 0.250 e. The van der Waals surface area contributed by atoms with Crippen molar-refractivity contribution < 1.29 is 4.43 Å². The fourth-order valence-electron chi connectivity index (χ4n) is 3.03. The molecule has 0 heterocycles. The first-order chi connectivity index (χ1) is 11.9. The predicted octanol–water partition coefficient (Wildman–Crippen LogP) is 8.25. The summed E-state index contributed by atoms with van der Waals surface area (Å²) in [6.07, 6.45) is 7.80. The molecule has 0 spiro atoms. The molecule has 1 aromatic carbocycles. The Morgan fingerprint density at radius 1 is 0.962 bits per heavy atom. The molecule has 26 heavy (non-hydrogen) atoms. The summed E-state index contributed by atoms with van der Waals surface area (Å²) in [5, 5.41) is 0.241. The van der Waals surface area contributed by atoms with E-state index >= 15 is 0 Å². The minimum Gasteiger partial charge on any atom is -0.544 e. The van der Waals surface area contributed by atoms with Gasteiger partial charge in [0.2, 0.25) is 8.32 Å². The summed E-state index contributed by atoms with van der Waals surface area (Å²) >= 11 is 0. The molecule has 0 fully saturated rings. The molecule has 1 atom stereocenters. The van der Waals surface area contributed by atoms with Gasteiger partial charge in [0, 0.05) is 0 Å². The van der Waals surface area contributed by atoms with Crippen molar-refractivity contribution in [2.75, 3.05) is 0 Å². The first kappa shape index (κ1) is 23.3. The number of hydrogen-bond acceptors (Lipinski definition) is 1. The van der Waals surface area contributed by atoms with E-state index < -0.39 is 8.32 Å². The van der Waals surface area contributed by atoms with Gasteiger partial charge in [0.05, 0.1) is 0 Å². The van der Waals surface area contributed by atoms with Gasteiger partial charge in [-0.2, -0.15) is 0 Å². The molecule has 1 aromatic rings. The van der Waals surface area contributed by atoms with Gasteiger partial charge in [-0.25, -0.2) is 0 Å². The van der Waals surface area contributed by atoms with Crippen LogP contribution >= 0.6 is 0 Å². The molecule has 0 aliphatic carbocycles. The zero-order valence-corrected chi connectivity index (χ0v) is 20.0. The lowest BCUT2D eigenvalue weighted by molar-refractivity contribution is 0.247. The van der Waals surface area contributed by atoms with Crippen LogP contribution in [-0.2, 0) is 6.42 Å². The quantitative estimate of drug-likeness (QED) is 0.373. The second-order valence-electron chi connectivity index (χ2n) is 10.5. The Hall–Kier alpha value is -0.763. The molecule has 1 rings (SSSR count). The van der Waals surface area contributed by atoms with E-state index in [9.17, 15) is 0 Å². The third-order valence-corrected chi connectivity index (χ3v) is 10.9. The van der Waals surface area contributed by atoms with Gasteiger partial charge >= 0.3 is 0 Å². The Kier molecular flexibility index (Phi) is 8.45. The lowest BCUT2D eigenvalue weighted by atomic mass is 9.77. The third kappa shape index (κ3) is 7.46. The van der Waals surface area contributed by atoms with Crippen LogP contribution in [0.25, 0.3) is 0 Å². The lowest BCUT2D eigenvalue weighted by Crippen LogP contribution is -2.43. The topological polar surface area (TPSA) is 9.23 Å². The second kappa shape index (κ2) is 9.44. The first-order valence-corrected chi connectivity index (χ1v) is 13.6. The Labute approximate surface area is 165 Å². The fourth-order valence-corrected chi connectivity index (χ4v) is 4.07. The molecule has 0 saturated carbocycles. The molecule has 0 bridgehead atoms. The van der Waals surface area contributed by atoms with Crippen molar-refractivity contribution in [3.05, 3.63) is 29.8 Å². The van der Waals surface area contributed by atoms with Crippen molar-refractivity contribution in [3.8, 4) is 5.75 Å². The molecule has 0 N–H and O–H groups in total. The van der Waals surface area contributed by atoms with Crippen LogP contribution in [0.3, 0.4) is 0 Å². The van der Waals surface area contributed by atoms with Crippen LogP contribution in [0.5, 0.6) is 5.75 Å². The van der Waals surface area contributed by atoms with Crippen molar-refractivity contribution in [2.45, 2.75) is 105 Å². The molecule has 2 heteroatoms. The lowest BCUT2D eigenvalue weighted by Gasteiger charge is -2.36. The van der Waals surface area contributed by atoms with E-state index in [0.717, 1.165) is 11.7 Å². The van der Waals surface area contributed by atoms with Crippen LogP contribution in [0.15, 0.2) is 24.3 Å². The van der Waals surface area contributed by atoms with Crippen LogP contribution < -0.4 is 4.43 Å². The summed E-state index contributed by atoms with van der Waals surface area (Å²) in [6.45, 7) is 21.0. The van der Waals surface area contributed by atoms with Crippen LogP contribution in [0.2, 0.25) is 18.1 Å². The zero-order chi connectivity index (χ0) is 20.0. The van der Waals surface area contributed by atoms with E-state index in [1.54, 1.807) is 0 Å². The minimum absolute atomic E-state index is 0.241. The molecular weight excluding hydrogens is 332 g/mol. The van der Waals surface area contributed by atoms with E-state index in [1.165, 1.54) is 44.1 Å². The maximum absolute atomic E-state index is 6.40. The molecule has 0 aliphatic rings. The number of benzene rings is 1. The number of hydrogen-bond donors (Lipinski definition) is 0. The first-order valence-electron chi connectivity index (χ1n) is 10.7. The summed E-state index contributed by atoms with van der Waals surface area (Å²) in [5.74, 6) is 1.86. The number of aryl methyl sites for hydroxylation is 1. The summed E-state index contributed by atoms with van der Waals surface area (Å²) in [6, 6.07) is 8.90. The standard InChI is InChI=1S/C24H44OSi/c1-10-24(7,18-11-12-20(2)3)19-17-21-13-15-22(16-14-21)25-26(8,9)23(4,5)6/h13-16,20H,10-12,17-19H2,1-9H3. The van der Waals surface area contributed by atoms with Gasteiger partial charge in [-0.1, -0.05) is 79.9 Å². The molecule has 0 aliphatic heterocycles. The van der Waals surface area contributed by atoms with Crippen molar-refractivity contribution in [1.82, 2.24) is 0 Å². The van der Waals surface area contributed by atoms with E-state index in [-0.39, 0.29) is 5.04 Å². The monoisotopic (exact) mass is 376 g/mol. The molecule has 1 unspecified atom stereocenters. The highest BCUT2D eigenvalue weighted by Gasteiger charge is 2.38. The molecule has 1 nitrogen and oxygen atoms in total. The largest absolute Gasteiger partial charge is 0.544 e. The highest BCUT2D eigenvalue weighted by molar-refractivity contribution is 6.74. The van der Waals surface area contributed by atoms with Gasteiger partial charge in [-0.15, -0.1) is 0 Å². The second-order valence-corrected chi connectivity index (χ2v) is 15.2. The van der Waals surface area contributed by atoms with E-state index in [1.807, 2.05) is 0 Å². The summed E-state index contributed by atoms with van der Waals surface area (Å²) in [5.41, 5.74) is 1.92. The van der Waals surface area contributed by atoms with Crippen molar-refractivity contribution in [2.24, 2.45) is 11.3 Å². The van der Waals surface area contributed by atoms with E-state index in [2.05, 4.69) is 85.8 Å². The highest BCUT2D eigenvalue weighted by Crippen LogP contribution is 2.38. The predicted molar refractivity (Wildman–Crippen MR) is 120 cm³/mol. The van der Waals surface area contributed by atoms with Gasteiger partial charge < -0.3 is 4.43 Å². The Morgan fingerprint density at radius 2 is 1.54 bits per heavy atom. The van der Waals surface area contributed by atoms with Crippen LogP contribution in [0.4, 0.5) is 0 Å². The molecule has 150 valence electrons. The minimum atomic E-state index is -1.74. The molecular formula is C24H44OSi. The van der Waals surface area contributed by atoms with Crippen molar-refractivity contribution >= 4 is 8.32 Å². The molecule has 0 amide bonds. The van der Waals surface area contributed by atoms with Crippen molar-refractivity contribution in [1.29, 1.82) is 0 Å². The van der Waals surface area contributed by atoms with Gasteiger partial charge in [0.25, 0.3) is 0 Å². The van der Waals surface area contributed by atoms with Crippen LogP contribution in [0, 0.1) is 11.3 Å². The summed E-state index contributed by atoms with van der Waals surface area (Å²) < 4.78 is 6.40. The molecule has 0 aromatic heterocycles. The maximum Gasteiger partial charge on any atom is 0.250 e. The average molecular weight is 377 g/mol. The Bertz CT molecular complexity index is 524. The van der Waals surface area contributed by atoms with E-state index in [4.69, 9.17) is 4.43 Å². The van der Waals surface area contributed by atoms with Gasteiger partial charge in [-0.05, 0) is 66.4 Å². The third-order valence-electron chi connectivity index (χ3n) is 6.54. The Morgan fingerprint density at radius 3 is 2.00 bits per heavy atom. The zero-order valence-electron chi connectivity index (χ0n) is 19.0. The molecule has 0 saturated heterocycles. The van der Waals surface area contributed by atoms with Crippen LogP contribution in [0.1, 0.15) is 86.1 Å². The average Bonchev–Trinajstić information content (AvgIpc) is 2.52.